The van der Waals surface area contributed by atoms with Gasteiger partial charge in [0.25, 0.3) is 0 Å². The lowest BCUT2D eigenvalue weighted by molar-refractivity contribution is -0.121. The van der Waals surface area contributed by atoms with Gasteiger partial charge in [-0.2, -0.15) is 0 Å². The minimum atomic E-state index is -0.901. The first-order valence-corrected chi connectivity index (χ1v) is 6.51. The molecule has 1 fully saturated rings. The average molecular weight is 266 g/mol. The Balaban J connectivity index is 2.41. The van der Waals surface area contributed by atoms with Crippen molar-refractivity contribution in [1.82, 2.24) is 5.32 Å². The summed E-state index contributed by atoms with van der Waals surface area (Å²) in [6.45, 7) is 2.23. The Bertz CT molecular complexity index is 477. The highest BCUT2D eigenvalue weighted by Crippen LogP contribution is 2.33. The van der Waals surface area contributed by atoms with Gasteiger partial charge in [0.05, 0.1) is 6.10 Å². The maximum atomic E-state index is 13.9. The van der Waals surface area contributed by atoms with Gasteiger partial charge < -0.3 is 15.3 Å². The van der Waals surface area contributed by atoms with Crippen LogP contribution in [0.25, 0.3) is 0 Å². The molecule has 1 aromatic carbocycles. The van der Waals surface area contributed by atoms with Crippen LogP contribution in [0.5, 0.6) is 0 Å². The van der Waals surface area contributed by atoms with Gasteiger partial charge in [-0.05, 0) is 31.9 Å². The van der Waals surface area contributed by atoms with Crippen molar-refractivity contribution in [3.63, 3.8) is 0 Å². The smallest absolute Gasteiger partial charge is 0.242 e. The Hall–Kier alpha value is -1.62. The van der Waals surface area contributed by atoms with Gasteiger partial charge in [0, 0.05) is 24.8 Å². The number of aliphatic hydroxyl groups is 1. The number of nitrogens with zero attached hydrogens (tertiary/aromatic N) is 1. The van der Waals surface area contributed by atoms with E-state index in [2.05, 4.69) is 5.32 Å². The molecule has 4 nitrogen and oxygen atoms in total. The monoisotopic (exact) mass is 266 g/mol. The summed E-state index contributed by atoms with van der Waals surface area (Å²) in [5, 5.41) is 12.4. The summed E-state index contributed by atoms with van der Waals surface area (Å²) in [4.78, 5) is 13.7. The van der Waals surface area contributed by atoms with Gasteiger partial charge in [-0.1, -0.05) is 6.07 Å². The van der Waals surface area contributed by atoms with Crippen molar-refractivity contribution < 1.29 is 14.3 Å². The Morgan fingerprint density at radius 3 is 2.95 bits per heavy atom. The van der Waals surface area contributed by atoms with Crippen LogP contribution >= 0.6 is 0 Å². The van der Waals surface area contributed by atoms with Crippen LogP contribution in [-0.4, -0.2) is 30.6 Å². The van der Waals surface area contributed by atoms with Crippen molar-refractivity contribution >= 4 is 11.6 Å². The van der Waals surface area contributed by atoms with Crippen molar-refractivity contribution in [2.24, 2.45) is 0 Å². The Labute approximate surface area is 112 Å². The number of halogens is 1. The molecule has 0 saturated carbocycles. The van der Waals surface area contributed by atoms with Crippen LogP contribution in [0.4, 0.5) is 10.1 Å². The van der Waals surface area contributed by atoms with Crippen LogP contribution in [0.2, 0.25) is 0 Å². The van der Waals surface area contributed by atoms with Gasteiger partial charge in [0.2, 0.25) is 5.91 Å². The molecule has 1 aromatic rings. The second kappa shape index (κ2) is 5.57. The SMILES string of the molecule is CNC(=O)C1CCCN1c1cccc(F)c1C(C)O. The first-order valence-electron chi connectivity index (χ1n) is 6.51. The van der Waals surface area contributed by atoms with E-state index >= 15 is 0 Å². The molecular weight excluding hydrogens is 247 g/mol. The topological polar surface area (TPSA) is 52.6 Å². The zero-order chi connectivity index (χ0) is 14.0. The van der Waals surface area contributed by atoms with Gasteiger partial charge in [0.15, 0.2) is 0 Å². The number of hydrogen-bond acceptors (Lipinski definition) is 3. The fraction of sp³-hybridized carbons (Fsp3) is 0.500. The molecule has 19 heavy (non-hydrogen) atoms. The van der Waals surface area contributed by atoms with Crippen LogP contribution < -0.4 is 10.2 Å². The number of amides is 1. The molecule has 104 valence electrons. The van der Waals surface area contributed by atoms with E-state index in [9.17, 15) is 14.3 Å². The predicted octanol–water partition coefficient (Wildman–Crippen LogP) is 1.59. The van der Waals surface area contributed by atoms with E-state index in [1.54, 1.807) is 19.2 Å². The van der Waals surface area contributed by atoms with Gasteiger partial charge in [0.1, 0.15) is 11.9 Å². The Kier molecular flexibility index (Phi) is 4.04. The summed E-state index contributed by atoms with van der Waals surface area (Å²) < 4.78 is 13.9. The lowest BCUT2D eigenvalue weighted by Gasteiger charge is -2.28. The molecule has 1 aliphatic rings. The van der Waals surface area contributed by atoms with Crippen molar-refractivity contribution in [2.75, 3.05) is 18.5 Å². The first kappa shape index (κ1) is 13.8. The fourth-order valence-electron chi connectivity index (χ4n) is 2.68. The van der Waals surface area contributed by atoms with E-state index in [0.29, 0.717) is 12.2 Å². The third-order valence-corrected chi connectivity index (χ3v) is 3.56. The lowest BCUT2D eigenvalue weighted by Crippen LogP contribution is -2.42. The van der Waals surface area contributed by atoms with E-state index in [1.807, 2.05) is 4.90 Å². The minimum Gasteiger partial charge on any atom is -0.389 e. The van der Waals surface area contributed by atoms with E-state index in [0.717, 1.165) is 12.8 Å². The van der Waals surface area contributed by atoms with E-state index in [4.69, 9.17) is 0 Å². The number of carbonyl (C=O) groups is 1. The second-order valence-electron chi connectivity index (χ2n) is 4.81. The van der Waals surface area contributed by atoms with Crippen LogP contribution in [0, 0.1) is 5.82 Å². The third kappa shape index (κ3) is 2.56. The molecule has 1 amide bonds. The summed E-state index contributed by atoms with van der Waals surface area (Å²) in [5.74, 6) is -0.506. The van der Waals surface area contributed by atoms with E-state index < -0.39 is 11.9 Å². The molecule has 0 bridgehead atoms. The first-order chi connectivity index (χ1) is 9.06. The zero-order valence-electron chi connectivity index (χ0n) is 11.2. The average Bonchev–Trinajstić information content (AvgIpc) is 2.86. The van der Waals surface area contributed by atoms with E-state index in [1.165, 1.54) is 13.0 Å². The normalized spacial score (nSPS) is 20.4. The minimum absolute atomic E-state index is 0.0710. The summed E-state index contributed by atoms with van der Waals surface area (Å²) >= 11 is 0. The number of anilines is 1. The van der Waals surface area contributed by atoms with Crippen molar-refractivity contribution in [3.05, 3.63) is 29.6 Å². The molecule has 1 heterocycles. The number of nitrogens with one attached hydrogen (secondary N) is 1. The number of carbonyl (C=O) groups excluding carboxylic acids is 1. The summed E-state index contributed by atoms with van der Waals surface area (Å²) in [5.41, 5.74) is 0.874. The number of likely N-dealkylation sites (N-methyl/N-ethyl adjacent to an activating group) is 1. The number of rotatable bonds is 3. The van der Waals surface area contributed by atoms with Crippen LogP contribution in [0.1, 0.15) is 31.4 Å². The van der Waals surface area contributed by atoms with Gasteiger partial charge in [-0.25, -0.2) is 4.39 Å². The van der Waals surface area contributed by atoms with Gasteiger partial charge >= 0.3 is 0 Å². The fourth-order valence-corrected chi connectivity index (χ4v) is 2.68. The maximum Gasteiger partial charge on any atom is 0.242 e. The number of hydrogen-bond donors (Lipinski definition) is 2. The highest BCUT2D eigenvalue weighted by atomic mass is 19.1. The quantitative estimate of drug-likeness (QED) is 0.873. The Morgan fingerprint density at radius 2 is 2.32 bits per heavy atom. The maximum absolute atomic E-state index is 13.9. The summed E-state index contributed by atoms with van der Waals surface area (Å²) in [6, 6.07) is 4.41. The predicted molar refractivity (Wildman–Crippen MR) is 71.5 cm³/mol. The molecule has 2 unspecified atom stereocenters. The second-order valence-corrected chi connectivity index (χ2v) is 4.81. The van der Waals surface area contributed by atoms with Crippen LogP contribution in [-0.2, 0) is 4.79 Å². The molecule has 0 spiro atoms. The molecular formula is C14H19FN2O2. The van der Waals surface area contributed by atoms with Gasteiger partial charge in [-0.3, -0.25) is 4.79 Å². The van der Waals surface area contributed by atoms with Crippen molar-refractivity contribution in [1.29, 1.82) is 0 Å². The van der Waals surface area contributed by atoms with Crippen LogP contribution in [0.15, 0.2) is 18.2 Å². The molecule has 2 N–H and O–H groups in total. The summed E-state index contributed by atoms with van der Waals surface area (Å²) in [7, 11) is 1.60. The molecule has 0 aromatic heterocycles. The number of benzene rings is 1. The molecule has 2 rings (SSSR count). The highest BCUT2D eigenvalue weighted by Gasteiger charge is 2.32. The molecule has 2 atom stereocenters. The molecule has 1 saturated heterocycles. The van der Waals surface area contributed by atoms with Gasteiger partial charge in [-0.15, -0.1) is 0 Å². The molecule has 0 aliphatic carbocycles. The van der Waals surface area contributed by atoms with E-state index in [-0.39, 0.29) is 17.5 Å². The molecule has 1 aliphatic heterocycles. The Morgan fingerprint density at radius 1 is 1.58 bits per heavy atom. The standard InChI is InChI=1S/C14H19FN2O2/c1-9(18)13-10(15)5-3-6-11(13)17-8-4-7-12(17)14(19)16-2/h3,5-6,9,12,18H,4,7-8H2,1-2H3,(H,16,19). The zero-order valence-corrected chi connectivity index (χ0v) is 11.2. The highest BCUT2D eigenvalue weighted by molar-refractivity contribution is 5.86. The molecule has 5 heteroatoms. The largest absolute Gasteiger partial charge is 0.389 e. The third-order valence-electron chi connectivity index (χ3n) is 3.56. The number of aliphatic hydroxyl groups excluding tert-OH is 1. The summed E-state index contributed by atoms with van der Waals surface area (Å²) in [6.07, 6.45) is 0.727. The molecule has 0 radical (unpaired) electrons. The van der Waals surface area contributed by atoms with Crippen LogP contribution in [0.3, 0.4) is 0 Å². The van der Waals surface area contributed by atoms with Crippen molar-refractivity contribution in [2.45, 2.75) is 31.9 Å². The van der Waals surface area contributed by atoms with Crippen molar-refractivity contribution in [3.8, 4) is 0 Å². The lowest BCUT2D eigenvalue weighted by atomic mass is 10.1.